The molecule has 0 saturated carbocycles. The van der Waals surface area contributed by atoms with E-state index in [0.29, 0.717) is 12.8 Å². The molecule has 2 amide bonds. The number of aliphatic carboxylic acids is 1. The average molecular weight is 533 g/mol. The number of hydrogen-bond donors (Lipinski definition) is 3. The first-order valence-corrected chi connectivity index (χ1v) is 12.4. The molecule has 0 rings (SSSR count). The molecule has 0 saturated heterocycles. The second-order valence-corrected chi connectivity index (χ2v) is 10.9. The molecule has 5 atom stereocenters. The number of alkyl carbamates (subject to hydrolysis) is 2. The Kier molecular flexibility index (Phi) is 13.4. The van der Waals surface area contributed by atoms with Gasteiger partial charge in [0.25, 0.3) is 0 Å². The van der Waals surface area contributed by atoms with Gasteiger partial charge in [-0.05, 0) is 53.4 Å². The molecule has 0 aliphatic rings. The van der Waals surface area contributed by atoms with Gasteiger partial charge in [-0.2, -0.15) is 0 Å². The Morgan fingerprint density at radius 3 is 1.43 bits per heavy atom. The number of carbonyl (C=O) groups is 5. The van der Waals surface area contributed by atoms with E-state index in [-0.39, 0.29) is 5.92 Å². The quantitative estimate of drug-likeness (QED) is 0.250. The molecule has 0 radical (unpaired) electrons. The standard InChI is InChI=1S/C25H44N2O10/c1-11-14(3)17(26-22(32)36-24(5,6)7)20(30)34-13-16(19(28)29)35-21(31)18(15(4)12-2)27-23(33)37-25(8,9)10/h14-18H,11-13H2,1-10H3,(H,26,32)(H,27,33)(H,28,29)/t14-,15-,16+,17-,18-/m0/s1. The molecule has 37 heavy (non-hydrogen) atoms. The van der Waals surface area contributed by atoms with Crippen molar-refractivity contribution in [2.24, 2.45) is 11.8 Å². The van der Waals surface area contributed by atoms with Crippen LogP contribution >= 0.6 is 0 Å². The summed E-state index contributed by atoms with van der Waals surface area (Å²) < 4.78 is 20.6. The lowest BCUT2D eigenvalue weighted by molar-refractivity contribution is -0.173. The fourth-order valence-electron chi connectivity index (χ4n) is 2.82. The molecular weight excluding hydrogens is 488 g/mol. The molecule has 0 aliphatic heterocycles. The zero-order valence-electron chi connectivity index (χ0n) is 23.6. The van der Waals surface area contributed by atoms with Gasteiger partial charge in [0.15, 0.2) is 0 Å². The molecule has 0 unspecified atom stereocenters. The van der Waals surface area contributed by atoms with Crippen LogP contribution in [0.4, 0.5) is 9.59 Å². The lowest BCUT2D eigenvalue weighted by Crippen LogP contribution is -2.50. The van der Waals surface area contributed by atoms with Crippen molar-refractivity contribution in [1.29, 1.82) is 0 Å². The zero-order chi connectivity index (χ0) is 29.1. The summed E-state index contributed by atoms with van der Waals surface area (Å²) in [5.41, 5.74) is -1.61. The second-order valence-electron chi connectivity index (χ2n) is 10.9. The van der Waals surface area contributed by atoms with E-state index in [1.165, 1.54) is 0 Å². The third kappa shape index (κ3) is 13.7. The Morgan fingerprint density at radius 1 is 0.730 bits per heavy atom. The van der Waals surface area contributed by atoms with Crippen LogP contribution in [0.15, 0.2) is 0 Å². The largest absolute Gasteiger partial charge is 0.478 e. The molecule has 12 nitrogen and oxygen atoms in total. The minimum atomic E-state index is -1.84. The fraction of sp³-hybridized carbons (Fsp3) is 0.800. The van der Waals surface area contributed by atoms with E-state index in [1.54, 1.807) is 69.2 Å². The number of carbonyl (C=O) groups excluding carboxylic acids is 4. The number of ether oxygens (including phenoxy) is 4. The minimum absolute atomic E-state index is 0.362. The van der Waals surface area contributed by atoms with Crippen molar-refractivity contribution < 1.29 is 48.0 Å². The summed E-state index contributed by atoms with van der Waals surface area (Å²) >= 11 is 0. The summed E-state index contributed by atoms with van der Waals surface area (Å²) in [6.07, 6.45) is -2.57. The first-order valence-electron chi connectivity index (χ1n) is 12.4. The summed E-state index contributed by atoms with van der Waals surface area (Å²) in [5.74, 6) is -4.26. The average Bonchev–Trinajstić information content (AvgIpc) is 2.74. The van der Waals surface area contributed by atoms with Gasteiger partial charge >= 0.3 is 30.1 Å². The van der Waals surface area contributed by atoms with E-state index in [4.69, 9.17) is 18.9 Å². The van der Waals surface area contributed by atoms with E-state index in [1.807, 2.05) is 0 Å². The van der Waals surface area contributed by atoms with Crippen molar-refractivity contribution in [3.63, 3.8) is 0 Å². The van der Waals surface area contributed by atoms with Gasteiger partial charge in [0.2, 0.25) is 6.10 Å². The Morgan fingerprint density at radius 2 is 1.11 bits per heavy atom. The highest BCUT2D eigenvalue weighted by atomic mass is 16.6. The maximum atomic E-state index is 12.8. The van der Waals surface area contributed by atoms with Crippen molar-refractivity contribution in [2.45, 2.75) is 111 Å². The van der Waals surface area contributed by atoms with Gasteiger partial charge < -0.3 is 34.7 Å². The highest BCUT2D eigenvalue weighted by Gasteiger charge is 2.35. The molecule has 0 heterocycles. The molecule has 0 aliphatic carbocycles. The van der Waals surface area contributed by atoms with Crippen LogP contribution in [-0.2, 0) is 33.3 Å². The molecule has 0 bridgehead atoms. The van der Waals surface area contributed by atoms with E-state index in [9.17, 15) is 29.1 Å². The summed E-state index contributed by atoms with van der Waals surface area (Å²) in [7, 11) is 0. The molecule has 214 valence electrons. The molecule has 0 aromatic heterocycles. The summed E-state index contributed by atoms with van der Waals surface area (Å²) in [4.78, 5) is 61.6. The molecule has 0 spiro atoms. The van der Waals surface area contributed by atoms with E-state index >= 15 is 0 Å². The van der Waals surface area contributed by atoms with Crippen LogP contribution in [0.1, 0.15) is 82.1 Å². The molecular formula is C25H44N2O10. The van der Waals surface area contributed by atoms with Gasteiger partial charge in [-0.25, -0.2) is 24.0 Å². The summed E-state index contributed by atoms with van der Waals surface area (Å²) in [6, 6.07) is -2.31. The van der Waals surface area contributed by atoms with Crippen LogP contribution in [0.25, 0.3) is 0 Å². The number of nitrogens with one attached hydrogen (secondary N) is 2. The van der Waals surface area contributed by atoms with Gasteiger partial charge in [-0.15, -0.1) is 0 Å². The SMILES string of the molecule is CC[C@H](C)[C@H](NC(=O)OC(C)(C)C)C(=O)OC[C@@H](OC(=O)[C@@H](NC(=O)OC(C)(C)C)[C@@H](C)CC)C(=O)O. The van der Waals surface area contributed by atoms with Gasteiger partial charge in [0.05, 0.1) is 0 Å². The van der Waals surface area contributed by atoms with Crippen molar-refractivity contribution in [2.75, 3.05) is 6.61 Å². The van der Waals surface area contributed by atoms with E-state index in [2.05, 4.69) is 10.6 Å². The third-order valence-electron chi connectivity index (χ3n) is 5.19. The lowest BCUT2D eigenvalue weighted by atomic mass is 9.99. The Labute approximate surface area is 219 Å². The molecule has 12 heteroatoms. The molecule has 0 aromatic rings. The number of carboxylic acids is 1. The van der Waals surface area contributed by atoms with E-state index in [0.717, 1.165) is 0 Å². The van der Waals surface area contributed by atoms with Crippen LogP contribution in [0.5, 0.6) is 0 Å². The fourth-order valence-corrected chi connectivity index (χ4v) is 2.82. The van der Waals surface area contributed by atoms with Gasteiger partial charge in [0, 0.05) is 0 Å². The van der Waals surface area contributed by atoms with Gasteiger partial charge in [-0.3, -0.25) is 0 Å². The molecule has 3 N–H and O–H groups in total. The van der Waals surface area contributed by atoms with Crippen molar-refractivity contribution in [3.8, 4) is 0 Å². The lowest BCUT2D eigenvalue weighted by Gasteiger charge is -2.27. The monoisotopic (exact) mass is 532 g/mol. The van der Waals surface area contributed by atoms with Crippen LogP contribution in [0.2, 0.25) is 0 Å². The Bertz CT molecular complexity index is 800. The number of hydrogen-bond acceptors (Lipinski definition) is 9. The van der Waals surface area contributed by atoms with E-state index < -0.39 is 72.0 Å². The highest BCUT2D eigenvalue weighted by Crippen LogP contribution is 2.15. The van der Waals surface area contributed by atoms with Crippen LogP contribution < -0.4 is 10.6 Å². The number of carboxylic acid groups (broad SMARTS) is 1. The van der Waals surface area contributed by atoms with Crippen LogP contribution in [0.3, 0.4) is 0 Å². The molecule has 0 aromatic carbocycles. The normalized spacial score (nSPS) is 15.7. The van der Waals surface area contributed by atoms with Crippen molar-refractivity contribution in [1.82, 2.24) is 10.6 Å². The maximum absolute atomic E-state index is 12.8. The predicted octanol–water partition coefficient (Wildman–Crippen LogP) is 3.40. The predicted molar refractivity (Wildman–Crippen MR) is 134 cm³/mol. The van der Waals surface area contributed by atoms with Crippen LogP contribution in [-0.4, -0.2) is 71.2 Å². The minimum Gasteiger partial charge on any atom is -0.478 e. The van der Waals surface area contributed by atoms with Crippen LogP contribution in [0, 0.1) is 11.8 Å². The number of rotatable bonds is 12. The Hall–Kier alpha value is -3.05. The zero-order valence-corrected chi connectivity index (χ0v) is 23.6. The third-order valence-corrected chi connectivity index (χ3v) is 5.19. The van der Waals surface area contributed by atoms with Gasteiger partial charge in [0.1, 0.15) is 29.9 Å². The van der Waals surface area contributed by atoms with Crippen molar-refractivity contribution >= 4 is 30.1 Å². The van der Waals surface area contributed by atoms with Gasteiger partial charge in [-0.1, -0.05) is 40.5 Å². The molecule has 0 fully saturated rings. The highest BCUT2D eigenvalue weighted by molar-refractivity contribution is 5.85. The first kappa shape index (κ1) is 34.0. The van der Waals surface area contributed by atoms with Crippen molar-refractivity contribution in [3.05, 3.63) is 0 Å². The smallest absolute Gasteiger partial charge is 0.408 e. The Balaban J connectivity index is 5.43. The maximum Gasteiger partial charge on any atom is 0.408 e. The first-order chi connectivity index (χ1) is 16.8. The summed E-state index contributed by atoms with van der Waals surface area (Å²) in [6.45, 7) is 16.1. The summed E-state index contributed by atoms with van der Waals surface area (Å²) in [5, 5.41) is 14.4. The number of amides is 2. The second kappa shape index (κ2) is 14.6. The topological polar surface area (TPSA) is 167 Å². The number of esters is 2.